The number of ketones is 3. The summed E-state index contributed by atoms with van der Waals surface area (Å²) in [6, 6.07) is 6.47. The summed E-state index contributed by atoms with van der Waals surface area (Å²) in [5, 5.41) is 24.0. The first-order valence-corrected chi connectivity index (χ1v) is 25.4. The standard InChI is InChI=1S/C55H83NO13/c1-13-38-25-32(2)24-33(3)26-47(65-11)50-48(66-12)28-35(5)55(63,69-50)51(60)52(61)56-23-15-14-16-41(56)53(62)68-49(36(6)42(57)30-43(38)58)34(4)27-37-17-22-45(46(29-37)64-10)67-31-44(59)39-18-20-40(21-19-39)54(7,8)9/h18-21,25,27,33,35-38,41-42,45-50,57,63H,13-17,22-24,26,28-31H2,1-12H3/b32-25+,34-27+/t33-,35+,36+,37-,38+,41-,42-,45+,46+,47-,48-,49+,50+,55+/m0/s1. The van der Waals surface area contributed by atoms with Crippen molar-refractivity contribution in [3.05, 3.63) is 58.7 Å². The maximum Gasteiger partial charge on any atom is 0.329 e. The van der Waals surface area contributed by atoms with Crippen molar-refractivity contribution in [3.8, 4) is 0 Å². The van der Waals surface area contributed by atoms with Gasteiger partial charge in [0.05, 0.1) is 30.5 Å². The molecule has 386 valence electrons. The fourth-order valence-electron chi connectivity index (χ4n) is 11.0. The van der Waals surface area contributed by atoms with E-state index in [1.807, 2.05) is 57.2 Å². The quantitative estimate of drug-likeness (QED) is 0.101. The van der Waals surface area contributed by atoms with E-state index in [9.17, 15) is 34.2 Å². The molecule has 0 radical (unpaired) electrons. The summed E-state index contributed by atoms with van der Waals surface area (Å²) in [5.74, 6) is -7.82. The highest BCUT2D eigenvalue weighted by Gasteiger charge is 2.56. The number of nitrogens with zero attached hydrogens (tertiary/aromatic N) is 1. The van der Waals surface area contributed by atoms with E-state index < -0.39 is 77.8 Å². The highest BCUT2D eigenvalue weighted by atomic mass is 16.7. The third kappa shape index (κ3) is 13.9. The van der Waals surface area contributed by atoms with Gasteiger partial charge in [-0.3, -0.25) is 19.2 Å². The summed E-state index contributed by atoms with van der Waals surface area (Å²) in [5.41, 5.74) is 3.33. The van der Waals surface area contributed by atoms with E-state index in [1.54, 1.807) is 21.0 Å². The van der Waals surface area contributed by atoms with Crippen LogP contribution in [-0.4, -0.2) is 133 Å². The van der Waals surface area contributed by atoms with E-state index in [-0.39, 0.29) is 73.4 Å². The molecule has 1 amide bonds. The van der Waals surface area contributed by atoms with E-state index in [1.165, 1.54) is 19.1 Å². The van der Waals surface area contributed by atoms with Gasteiger partial charge in [-0.25, -0.2) is 4.79 Å². The van der Waals surface area contributed by atoms with Crippen LogP contribution in [0.5, 0.6) is 0 Å². The van der Waals surface area contributed by atoms with Crippen molar-refractivity contribution in [3.63, 3.8) is 0 Å². The van der Waals surface area contributed by atoms with Crippen molar-refractivity contribution in [1.82, 2.24) is 4.90 Å². The number of Topliss-reactive ketones (excluding diaryl/α,β-unsaturated/α-hetero) is 3. The predicted octanol–water partition coefficient (Wildman–Crippen LogP) is 7.68. The van der Waals surface area contributed by atoms with Gasteiger partial charge in [-0.05, 0) is 106 Å². The minimum Gasteiger partial charge on any atom is -0.456 e. The Kier molecular flexibility index (Phi) is 20.1. The monoisotopic (exact) mass is 966 g/mol. The second-order valence-electron chi connectivity index (χ2n) is 21.7. The molecule has 1 aliphatic carbocycles. The molecule has 14 nitrogen and oxygen atoms in total. The minimum absolute atomic E-state index is 0.0187. The Morgan fingerprint density at radius 1 is 0.884 bits per heavy atom. The first-order chi connectivity index (χ1) is 32.6. The summed E-state index contributed by atoms with van der Waals surface area (Å²) in [6.45, 7) is 17.6. The number of piperidine rings is 1. The fourth-order valence-corrected chi connectivity index (χ4v) is 11.0. The summed E-state index contributed by atoms with van der Waals surface area (Å²) in [6.07, 6.45) is 3.84. The van der Waals surface area contributed by atoms with Crippen molar-refractivity contribution in [2.75, 3.05) is 34.5 Å². The van der Waals surface area contributed by atoms with Gasteiger partial charge >= 0.3 is 5.97 Å². The summed E-state index contributed by atoms with van der Waals surface area (Å²) >= 11 is 0. The summed E-state index contributed by atoms with van der Waals surface area (Å²) < 4.78 is 36.6. The van der Waals surface area contributed by atoms with Gasteiger partial charge in [0.1, 0.15) is 30.6 Å². The highest BCUT2D eigenvalue weighted by Crippen LogP contribution is 2.39. The van der Waals surface area contributed by atoms with E-state index in [0.717, 1.165) is 11.1 Å². The van der Waals surface area contributed by atoms with Gasteiger partial charge in [0.2, 0.25) is 5.79 Å². The molecule has 0 spiro atoms. The lowest BCUT2D eigenvalue weighted by Gasteiger charge is -2.47. The van der Waals surface area contributed by atoms with Gasteiger partial charge in [0.15, 0.2) is 5.78 Å². The van der Waals surface area contributed by atoms with Crippen molar-refractivity contribution in [1.29, 1.82) is 0 Å². The Morgan fingerprint density at radius 3 is 2.16 bits per heavy atom. The highest BCUT2D eigenvalue weighted by molar-refractivity contribution is 6.39. The summed E-state index contributed by atoms with van der Waals surface area (Å²) in [4.78, 5) is 71.7. The van der Waals surface area contributed by atoms with Crippen molar-refractivity contribution >= 4 is 29.2 Å². The molecule has 0 aromatic heterocycles. The molecule has 2 N–H and O–H groups in total. The number of carbonyl (C=O) groups excluding carboxylic acids is 5. The van der Waals surface area contributed by atoms with E-state index in [0.29, 0.717) is 62.5 Å². The van der Waals surface area contributed by atoms with Crippen LogP contribution in [0.15, 0.2) is 47.6 Å². The third-order valence-corrected chi connectivity index (χ3v) is 15.4. The second-order valence-corrected chi connectivity index (χ2v) is 21.7. The molecule has 0 unspecified atom stereocenters. The number of esters is 1. The average molecular weight is 966 g/mol. The zero-order valence-corrected chi connectivity index (χ0v) is 43.5. The molecule has 3 aliphatic heterocycles. The van der Waals surface area contributed by atoms with Gasteiger partial charge in [0.25, 0.3) is 11.7 Å². The normalized spacial score (nSPS) is 36.1. The van der Waals surface area contributed by atoms with E-state index in [2.05, 4.69) is 27.7 Å². The Morgan fingerprint density at radius 2 is 1.54 bits per heavy atom. The molecule has 5 rings (SSSR count). The number of aliphatic hydroxyl groups excluding tert-OH is 1. The zero-order chi connectivity index (χ0) is 51.0. The number of methoxy groups -OCH3 is 3. The number of cyclic esters (lactones) is 1. The number of rotatable bonds is 10. The number of hydrogen-bond donors (Lipinski definition) is 2. The lowest BCUT2D eigenvalue weighted by molar-refractivity contribution is -0.302. The Bertz CT molecular complexity index is 1990. The van der Waals surface area contributed by atoms with Crippen LogP contribution in [0.4, 0.5) is 0 Å². The van der Waals surface area contributed by atoms with Crippen LogP contribution >= 0.6 is 0 Å². The van der Waals surface area contributed by atoms with Gasteiger partial charge in [-0.2, -0.15) is 0 Å². The number of ether oxygens (including phenoxy) is 6. The van der Waals surface area contributed by atoms with E-state index >= 15 is 0 Å². The van der Waals surface area contributed by atoms with Gasteiger partial charge < -0.3 is 43.5 Å². The topological polar surface area (TPSA) is 184 Å². The van der Waals surface area contributed by atoms with Crippen LogP contribution in [0.25, 0.3) is 0 Å². The Hall–Kier alpha value is -3.63. The molecule has 4 aliphatic rings. The lowest BCUT2D eigenvalue weighted by Crippen LogP contribution is -2.64. The number of benzene rings is 1. The number of fused-ring (bicyclic) bond motifs is 3. The number of aliphatic hydroxyl groups is 2. The van der Waals surface area contributed by atoms with Crippen LogP contribution in [0, 0.1) is 29.6 Å². The molecule has 2 bridgehead atoms. The zero-order valence-electron chi connectivity index (χ0n) is 43.5. The van der Waals surface area contributed by atoms with Crippen LogP contribution in [0.2, 0.25) is 0 Å². The molecule has 2 saturated heterocycles. The molecule has 14 atom stereocenters. The smallest absolute Gasteiger partial charge is 0.329 e. The van der Waals surface area contributed by atoms with Crippen molar-refractivity contribution in [2.24, 2.45) is 29.6 Å². The van der Waals surface area contributed by atoms with Gasteiger partial charge in [-0.15, -0.1) is 0 Å². The number of hydrogen-bond acceptors (Lipinski definition) is 13. The number of amides is 1. The van der Waals surface area contributed by atoms with E-state index in [4.69, 9.17) is 28.4 Å². The molecule has 1 saturated carbocycles. The lowest BCUT2D eigenvalue weighted by atomic mass is 9.81. The third-order valence-electron chi connectivity index (χ3n) is 15.4. The minimum atomic E-state index is -2.52. The maximum absolute atomic E-state index is 14.6. The number of allylic oxidation sites excluding steroid dienone is 3. The molecule has 1 aromatic rings. The molecule has 3 heterocycles. The maximum atomic E-state index is 14.6. The van der Waals surface area contributed by atoms with Gasteiger partial charge in [0, 0.05) is 57.6 Å². The Labute approximate surface area is 411 Å². The average Bonchev–Trinajstić information content (AvgIpc) is 3.32. The SMILES string of the molecule is CC[C@@H]1/C=C(\C)C[C@H](C)C[C@H](OC)[C@H]2O[C@@](O)(C(=O)C(=O)N3CCCC[C@H]3C(=O)O[C@H](/C(C)=C/[C@@H]3CC[C@@H](OCC(=O)c4ccc(C(C)(C)C)cc4)[C@H](OC)C3)[C@H](C)[C@@H](O)CC1=O)[C@H](C)C[C@@H]2OC. The molecule has 69 heavy (non-hydrogen) atoms. The predicted molar refractivity (Wildman–Crippen MR) is 261 cm³/mol. The molecular weight excluding hydrogens is 883 g/mol. The van der Waals surface area contributed by atoms with Crippen LogP contribution in [-0.2, 0) is 53.0 Å². The fraction of sp³-hybridized carbons (Fsp3) is 0.727. The first-order valence-electron chi connectivity index (χ1n) is 25.4. The first kappa shape index (κ1) is 56.3. The molecule has 14 heteroatoms. The van der Waals surface area contributed by atoms with Crippen LogP contribution in [0.1, 0.15) is 149 Å². The van der Waals surface area contributed by atoms with Crippen LogP contribution in [0.3, 0.4) is 0 Å². The second kappa shape index (κ2) is 24.7. The van der Waals surface area contributed by atoms with Crippen LogP contribution < -0.4 is 0 Å². The number of carbonyl (C=O) groups is 5. The Balaban J connectivity index is 1.43. The molecular formula is C55H83NO13. The van der Waals surface area contributed by atoms with Crippen molar-refractivity contribution < 1.29 is 62.6 Å². The largest absolute Gasteiger partial charge is 0.456 e. The molecule has 1 aromatic carbocycles. The van der Waals surface area contributed by atoms with Gasteiger partial charge in [-0.1, -0.05) is 90.5 Å². The van der Waals surface area contributed by atoms with Crippen molar-refractivity contribution in [2.45, 2.75) is 193 Å². The summed E-state index contributed by atoms with van der Waals surface area (Å²) in [7, 11) is 4.68. The molecule has 3 fully saturated rings.